The molecule has 2 aromatic rings. The highest BCUT2D eigenvalue weighted by molar-refractivity contribution is 14.0. The maximum atomic E-state index is 5.67. The molecular weight excluding hydrogens is 481 g/mol. The molecule has 1 aliphatic heterocycles. The maximum absolute atomic E-state index is 5.67. The van der Waals surface area contributed by atoms with Gasteiger partial charge in [-0.1, -0.05) is 18.2 Å². The highest BCUT2D eigenvalue weighted by Gasteiger charge is 2.13. The summed E-state index contributed by atoms with van der Waals surface area (Å²) < 4.78 is 16.7. The van der Waals surface area contributed by atoms with Gasteiger partial charge in [0.2, 0.25) is 0 Å². The molecule has 7 heteroatoms. The number of guanidine groups is 1. The summed E-state index contributed by atoms with van der Waals surface area (Å²) in [5.74, 6) is 3.41. The fraction of sp³-hybridized carbons (Fsp3) is 0.409. The molecule has 0 spiro atoms. The van der Waals surface area contributed by atoms with E-state index in [9.17, 15) is 0 Å². The number of fused-ring (bicyclic) bond motifs is 1. The van der Waals surface area contributed by atoms with Crippen LogP contribution >= 0.6 is 24.0 Å². The quantitative estimate of drug-likeness (QED) is 0.365. The minimum atomic E-state index is 0. The van der Waals surface area contributed by atoms with Crippen molar-refractivity contribution in [3.05, 3.63) is 53.1 Å². The summed E-state index contributed by atoms with van der Waals surface area (Å²) >= 11 is 0. The number of halogens is 1. The van der Waals surface area contributed by atoms with Crippen LogP contribution in [0.3, 0.4) is 0 Å². The van der Waals surface area contributed by atoms with Gasteiger partial charge in [-0.2, -0.15) is 0 Å². The van der Waals surface area contributed by atoms with Crippen LogP contribution in [0.4, 0.5) is 0 Å². The first kappa shape index (κ1) is 23.1. The van der Waals surface area contributed by atoms with Crippen molar-refractivity contribution in [3.8, 4) is 17.2 Å². The number of nitrogens with zero attached hydrogens (tertiary/aromatic N) is 2. The summed E-state index contributed by atoms with van der Waals surface area (Å²) in [6.45, 7) is 4.78. The van der Waals surface area contributed by atoms with E-state index < -0.39 is 0 Å². The van der Waals surface area contributed by atoms with Gasteiger partial charge in [0.1, 0.15) is 19.0 Å². The van der Waals surface area contributed by atoms with Crippen LogP contribution in [0.2, 0.25) is 0 Å². The van der Waals surface area contributed by atoms with E-state index in [1.807, 2.05) is 19.2 Å². The first-order valence-corrected chi connectivity index (χ1v) is 9.54. The molecule has 0 amide bonds. The predicted octanol–water partition coefficient (Wildman–Crippen LogP) is 3.64. The average Bonchev–Trinajstić information content (AvgIpc) is 2.72. The second kappa shape index (κ2) is 11.1. The lowest BCUT2D eigenvalue weighted by atomic mass is 10.1. The molecule has 6 nitrogen and oxygen atoms in total. The van der Waals surface area contributed by atoms with E-state index in [4.69, 9.17) is 14.2 Å². The smallest absolute Gasteiger partial charge is 0.193 e. The molecule has 0 atom stereocenters. The number of aliphatic imine (C=N–C) groups is 1. The van der Waals surface area contributed by atoms with Crippen molar-refractivity contribution in [3.63, 3.8) is 0 Å². The molecule has 0 saturated heterocycles. The van der Waals surface area contributed by atoms with E-state index in [0.29, 0.717) is 13.2 Å². The van der Waals surface area contributed by atoms with Gasteiger partial charge in [-0.25, -0.2) is 0 Å². The fourth-order valence-electron chi connectivity index (χ4n) is 3.26. The molecule has 1 heterocycles. The number of nitrogens with one attached hydrogen (secondary N) is 1. The zero-order chi connectivity index (χ0) is 19.9. The lowest BCUT2D eigenvalue weighted by molar-refractivity contribution is 0.171. The molecule has 29 heavy (non-hydrogen) atoms. The van der Waals surface area contributed by atoms with Gasteiger partial charge in [-0.05, 0) is 48.2 Å². The van der Waals surface area contributed by atoms with Gasteiger partial charge >= 0.3 is 0 Å². The zero-order valence-corrected chi connectivity index (χ0v) is 19.9. The van der Waals surface area contributed by atoms with Crippen LogP contribution in [-0.4, -0.2) is 51.8 Å². The van der Waals surface area contributed by atoms with Crippen LogP contribution in [0.25, 0.3) is 0 Å². The number of methoxy groups -OCH3 is 1. The Kier molecular flexibility index (Phi) is 8.88. The van der Waals surface area contributed by atoms with Gasteiger partial charge in [0.05, 0.1) is 7.11 Å². The SMILES string of the molecule is CN=C(NCCc1ccc(C)c(OC)c1)N(C)Cc1ccc2c(c1)OCCO2.I. The molecule has 0 aromatic heterocycles. The Morgan fingerprint density at radius 1 is 1.10 bits per heavy atom. The van der Waals surface area contributed by atoms with Gasteiger partial charge < -0.3 is 24.4 Å². The van der Waals surface area contributed by atoms with E-state index in [1.54, 1.807) is 14.2 Å². The summed E-state index contributed by atoms with van der Waals surface area (Å²) in [6.07, 6.45) is 0.896. The molecule has 0 fully saturated rings. The summed E-state index contributed by atoms with van der Waals surface area (Å²) in [6, 6.07) is 12.4. The van der Waals surface area contributed by atoms with Crippen LogP contribution in [0, 0.1) is 6.92 Å². The Morgan fingerprint density at radius 3 is 2.55 bits per heavy atom. The maximum Gasteiger partial charge on any atom is 0.193 e. The highest BCUT2D eigenvalue weighted by atomic mass is 127. The fourth-order valence-corrected chi connectivity index (χ4v) is 3.26. The third kappa shape index (κ3) is 6.16. The minimum absolute atomic E-state index is 0. The van der Waals surface area contributed by atoms with Crippen molar-refractivity contribution in [2.75, 3.05) is 41.0 Å². The highest BCUT2D eigenvalue weighted by Crippen LogP contribution is 2.31. The van der Waals surface area contributed by atoms with Crippen molar-refractivity contribution >= 4 is 29.9 Å². The van der Waals surface area contributed by atoms with Gasteiger partial charge in [-0.3, -0.25) is 4.99 Å². The van der Waals surface area contributed by atoms with Crippen LogP contribution < -0.4 is 19.5 Å². The number of ether oxygens (including phenoxy) is 3. The van der Waals surface area contributed by atoms with E-state index in [-0.39, 0.29) is 24.0 Å². The minimum Gasteiger partial charge on any atom is -0.496 e. The second-order valence-electron chi connectivity index (χ2n) is 6.86. The zero-order valence-electron chi connectivity index (χ0n) is 17.5. The molecule has 1 N–H and O–H groups in total. The monoisotopic (exact) mass is 511 g/mol. The molecule has 0 saturated carbocycles. The molecule has 3 rings (SSSR count). The normalized spacial score (nSPS) is 12.8. The first-order valence-electron chi connectivity index (χ1n) is 9.54. The van der Waals surface area contributed by atoms with E-state index >= 15 is 0 Å². The third-order valence-corrected chi connectivity index (χ3v) is 4.77. The number of hydrogen-bond acceptors (Lipinski definition) is 4. The van der Waals surface area contributed by atoms with Crippen LogP contribution in [-0.2, 0) is 13.0 Å². The molecule has 0 aliphatic carbocycles. The van der Waals surface area contributed by atoms with Gasteiger partial charge in [0, 0.05) is 27.2 Å². The van der Waals surface area contributed by atoms with Crippen LogP contribution in [0.15, 0.2) is 41.4 Å². The molecular formula is C22H30IN3O3. The molecule has 1 aliphatic rings. The van der Waals surface area contributed by atoms with Crippen molar-refractivity contribution in [2.45, 2.75) is 19.9 Å². The van der Waals surface area contributed by atoms with Crippen molar-refractivity contribution in [1.82, 2.24) is 10.2 Å². The Balaban J connectivity index is 0.00000300. The van der Waals surface area contributed by atoms with Crippen molar-refractivity contribution in [1.29, 1.82) is 0 Å². The topological polar surface area (TPSA) is 55.3 Å². The largest absolute Gasteiger partial charge is 0.496 e. The van der Waals surface area contributed by atoms with Crippen LogP contribution in [0.5, 0.6) is 17.2 Å². The number of benzene rings is 2. The summed E-state index contributed by atoms with van der Waals surface area (Å²) in [4.78, 5) is 6.50. The predicted molar refractivity (Wildman–Crippen MR) is 127 cm³/mol. The Hall–Kier alpha value is -2.16. The second-order valence-corrected chi connectivity index (χ2v) is 6.86. The van der Waals surface area contributed by atoms with E-state index in [2.05, 4.69) is 46.4 Å². The lowest BCUT2D eigenvalue weighted by Crippen LogP contribution is -2.39. The third-order valence-electron chi connectivity index (χ3n) is 4.77. The standard InChI is InChI=1S/C22H29N3O3.HI/c1-16-5-6-17(13-20(16)26-4)9-10-24-22(23-2)25(3)15-18-7-8-19-21(14-18)28-12-11-27-19;/h5-8,13-14H,9-12,15H2,1-4H3,(H,23,24);1H. The summed E-state index contributed by atoms with van der Waals surface area (Å²) in [7, 11) is 5.54. The van der Waals surface area contributed by atoms with E-state index in [1.165, 1.54) is 5.56 Å². The summed E-state index contributed by atoms with van der Waals surface area (Å²) in [5, 5.41) is 3.43. The molecule has 158 valence electrons. The molecule has 0 radical (unpaired) electrons. The first-order chi connectivity index (χ1) is 13.6. The Bertz CT molecular complexity index is 842. The van der Waals surface area contributed by atoms with Crippen molar-refractivity contribution < 1.29 is 14.2 Å². The molecule has 0 bridgehead atoms. The van der Waals surface area contributed by atoms with E-state index in [0.717, 1.165) is 53.8 Å². The molecule has 0 unspecified atom stereocenters. The molecule has 2 aromatic carbocycles. The van der Waals surface area contributed by atoms with Gasteiger partial charge in [0.15, 0.2) is 17.5 Å². The average molecular weight is 511 g/mol. The number of rotatable bonds is 6. The van der Waals surface area contributed by atoms with Crippen molar-refractivity contribution in [2.24, 2.45) is 4.99 Å². The number of hydrogen-bond donors (Lipinski definition) is 1. The summed E-state index contributed by atoms with van der Waals surface area (Å²) in [5.41, 5.74) is 3.53. The van der Waals surface area contributed by atoms with Crippen LogP contribution in [0.1, 0.15) is 16.7 Å². The Morgan fingerprint density at radius 2 is 1.83 bits per heavy atom. The lowest BCUT2D eigenvalue weighted by Gasteiger charge is -2.24. The van der Waals surface area contributed by atoms with Gasteiger partial charge in [-0.15, -0.1) is 24.0 Å². The van der Waals surface area contributed by atoms with Gasteiger partial charge in [0.25, 0.3) is 0 Å². The number of aryl methyl sites for hydroxylation is 1. The Labute approximate surface area is 190 Å².